The summed E-state index contributed by atoms with van der Waals surface area (Å²) in [5, 5.41) is 4.36. The maximum atomic E-state index is 4.36. The van der Waals surface area contributed by atoms with Gasteiger partial charge in [0.05, 0.1) is 10.7 Å². The topological polar surface area (TPSA) is 24.9 Å². The molecule has 0 saturated carbocycles. The quantitative estimate of drug-likeness (QED) is 0.734. The second-order valence-corrected chi connectivity index (χ2v) is 3.93. The fraction of sp³-hybridized carbons (Fsp3) is 0.625. The molecule has 1 rings (SSSR count). The van der Waals surface area contributed by atoms with E-state index in [1.807, 2.05) is 14.0 Å². The molecule has 0 aliphatic rings. The van der Waals surface area contributed by atoms with Crippen LogP contribution in [0.4, 0.5) is 0 Å². The van der Waals surface area contributed by atoms with E-state index in [0.717, 1.165) is 10.7 Å². The summed E-state index contributed by atoms with van der Waals surface area (Å²) in [6, 6.07) is 0.432. The number of hydrogen-bond acceptors (Lipinski definition) is 3. The maximum Gasteiger partial charge on any atom is 0.0900 e. The number of aromatic nitrogens is 1. The van der Waals surface area contributed by atoms with Crippen molar-refractivity contribution in [1.82, 2.24) is 10.3 Å². The van der Waals surface area contributed by atoms with E-state index >= 15 is 0 Å². The predicted molar refractivity (Wildman–Crippen MR) is 49.1 cm³/mol. The molecule has 11 heavy (non-hydrogen) atoms. The second kappa shape index (κ2) is 3.32. The zero-order valence-corrected chi connectivity index (χ0v) is 8.25. The van der Waals surface area contributed by atoms with Gasteiger partial charge < -0.3 is 5.32 Å². The van der Waals surface area contributed by atoms with Crippen LogP contribution in [0.2, 0.25) is 0 Å². The average Bonchev–Trinajstić information content (AvgIpc) is 2.28. The predicted octanol–water partition coefficient (Wildman–Crippen LogP) is 2.04. The normalized spacial score (nSPS) is 13.5. The van der Waals surface area contributed by atoms with Gasteiger partial charge in [-0.15, -0.1) is 11.3 Å². The third-order valence-electron chi connectivity index (χ3n) is 1.77. The van der Waals surface area contributed by atoms with Gasteiger partial charge in [0.15, 0.2) is 0 Å². The van der Waals surface area contributed by atoms with Crippen molar-refractivity contribution in [2.24, 2.45) is 0 Å². The van der Waals surface area contributed by atoms with Crippen LogP contribution in [0.5, 0.6) is 0 Å². The first kappa shape index (κ1) is 8.68. The Kier molecular flexibility index (Phi) is 2.62. The van der Waals surface area contributed by atoms with E-state index in [-0.39, 0.29) is 0 Å². The summed E-state index contributed by atoms with van der Waals surface area (Å²) in [4.78, 5) is 5.71. The van der Waals surface area contributed by atoms with Gasteiger partial charge in [0.25, 0.3) is 0 Å². The molecule has 0 amide bonds. The fourth-order valence-corrected chi connectivity index (χ4v) is 2.07. The van der Waals surface area contributed by atoms with Crippen LogP contribution in [0.1, 0.15) is 28.5 Å². The summed E-state index contributed by atoms with van der Waals surface area (Å²) < 4.78 is 0. The third-order valence-corrected chi connectivity index (χ3v) is 3.02. The molecule has 0 radical (unpaired) electrons. The van der Waals surface area contributed by atoms with Crippen LogP contribution in [-0.4, -0.2) is 12.0 Å². The SMILES string of the molecule is CN[C@@H](C)c1sc(C)nc1C. The lowest BCUT2D eigenvalue weighted by Crippen LogP contribution is -2.11. The van der Waals surface area contributed by atoms with Crippen LogP contribution in [0.3, 0.4) is 0 Å². The molecule has 3 heteroatoms. The Bertz CT molecular complexity index is 242. The molecular weight excluding hydrogens is 156 g/mol. The number of nitrogens with zero attached hydrogens (tertiary/aromatic N) is 1. The zero-order chi connectivity index (χ0) is 8.43. The Morgan fingerprint density at radius 2 is 2.09 bits per heavy atom. The van der Waals surface area contributed by atoms with E-state index < -0.39 is 0 Å². The van der Waals surface area contributed by atoms with Gasteiger partial charge in [0, 0.05) is 10.9 Å². The number of rotatable bonds is 2. The van der Waals surface area contributed by atoms with Crippen LogP contribution in [0.15, 0.2) is 0 Å². The Morgan fingerprint density at radius 1 is 1.45 bits per heavy atom. The Hall–Kier alpha value is -0.410. The lowest BCUT2D eigenvalue weighted by atomic mass is 10.2. The van der Waals surface area contributed by atoms with Gasteiger partial charge in [-0.05, 0) is 27.8 Å². The molecule has 0 aliphatic heterocycles. The molecule has 0 fully saturated rings. The number of hydrogen-bond donors (Lipinski definition) is 1. The summed E-state index contributed by atoms with van der Waals surface area (Å²) in [5.74, 6) is 0. The average molecular weight is 170 g/mol. The first-order valence-electron chi connectivity index (χ1n) is 3.76. The first-order chi connectivity index (χ1) is 5.15. The third kappa shape index (κ3) is 1.79. The van der Waals surface area contributed by atoms with Crippen LogP contribution < -0.4 is 5.32 Å². The highest BCUT2D eigenvalue weighted by atomic mass is 32.1. The molecule has 0 spiro atoms. The highest BCUT2D eigenvalue weighted by Gasteiger charge is 2.09. The van der Waals surface area contributed by atoms with E-state index in [2.05, 4.69) is 24.1 Å². The molecule has 0 saturated heterocycles. The van der Waals surface area contributed by atoms with Crippen molar-refractivity contribution in [2.45, 2.75) is 26.8 Å². The van der Waals surface area contributed by atoms with Crippen LogP contribution in [0.25, 0.3) is 0 Å². The van der Waals surface area contributed by atoms with Gasteiger partial charge >= 0.3 is 0 Å². The highest BCUT2D eigenvalue weighted by Crippen LogP contribution is 2.23. The lowest BCUT2D eigenvalue weighted by Gasteiger charge is -2.06. The summed E-state index contributed by atoms with van der Waals surface area (Å²) in [6.45, 7) is 6.26. The van der Waals surface area contributed by atoms with E-state index in [9.17, 15) is 0 Å². The number of thiazole rings is 1. The largest absolute Gasteiger partial charge is 0.312 e. The molecule has 0 aromatic carbocycles. The Morgan fingerprint density at radius 3 is 2.45 bits per heavy atom. The molecule has 0 aliphatic carbocycles. The van der Waals surface area contributed by atoms with Gasteiger partial charge in [-0.1, -0.05) is 0 Å². The number of aryl methyl sites for hydroxylation is 2. The number of nitrogens with one attached hydrogen (secondary N) is 1. The second-order valence-electron chi connectivity index (χ2n) is 2.69. The van der Waals surface area contributed by atoms with Gasteiger partial charge in [-0.3, -0.25) is 0 Å². The molecule has 1 atom stereocenters. The molecule has 0 unspecified atom stereocenters. The smallest absolute Gasteiger partial charge is 0.0900 e. The summed E-state index contributed by atoms with van der Waals surface area (Å²) in [7, 11) is 1.97. The van der Waals surface area contributed by atoms with Crippen molar-refractivity contribution in [3.05, 3.63) is 15.6 Å². The molecule has 0 bridgehead atoms. The molecule has 2 nitrogen and oxygen atoms in total. The van der Waals surface area contributed by atoms with E-state index in [1.54, 1.807) is 11.3 Å². The van der Waals surface area contributed by atoms with Gasteiger partial charge in [-0.25, -0.2) is 4.98 Å². The van der Waals surface area contributed by atoms with Crippen molar-refractivity contribution in [1.29, 1.82) is 0 Å². The lowest BCUT2D eigenvalue weighted by molar-refractivity contribution is 0.658. The minimum absolute atomic E-state index is 0.432. The first-order valence-corrected chi connectivity index (χ1v) is 4.58. The monoisotopic (exact) mass is 170 g/mol. The van der Waals surface area contributed by atoms with Crippen LogP contribution in [0, 0.1) is 13.8 Å². The van der Waals surface area contributed by atoms with Crippen molar-refractivity contribution in [2.75, 3.05) is 7.05 Å². The fourth-order valence-electron chi connectivity index (χ4n) is 1.08. The highest BCUT2D eigenvalue weighted by molar-refractivity contribution is 7.11. The molecule has 62 valence electrons. The summed E-state index contributed by atoms with van der Waals surface area (Å²) in [5.41, 5.74) is 1.16. The standard InChI is InChI=1S/C8H14N2S/c1-5(9-4)8-6(2)10-7(3)11-8/h5,9H,1-4H3/t5-/m0/s1. The molecule has 1 heterocycles. The molecule has 1 N–H and O–H groups in total. The minimum atomic E-state index is 0.432. The van der Waals surface area contributed by atoms with E-state index in [1.165, 1.54) is 4.88 Å². The molecular formula is C8H14N2S. The zero-order valence-electron chi connectivity index (χ0n) is 7.43. The summed E-state index contributed by atoms with van der Waals surface area (Å²) in [6.07, 6.45) is 0. The van der Waals surface area contributed by atoms with Crippen molar-refractivity contribution in [3.8, 4) is 0 Å². The molecule has 1 aromatic rings. The van der Waals surface area contributed by atoms with Crippen molar-refractivity contribution >= 4 is 11.3 Å². The van der Waals surface area contributed by atoms with E-state index in [0.29, 0.717) is 6.04 Å². The Balaban J connectivity index is 2.93. The minimum Gasteiger partial charge on any atom is -0.312 e. The van der Waals surface area contributed by atoms with E-state index in [4.69, 9.17) is 0 Å². The van der Waals surface area contributed by atoms with Gasteiger partial charge in [-0.2, -0.15) is 0 Å². The van der Waals surface area contributed by atoms with Crippen LogP contribution in [-0.2, 0) is 0 Å². The molecule has 1 aromatic heterocycles. The van der Waals surface area contributed by atoms with Crippen molar-refractivity contribution in [3.63, 3.8) is 0 Å². The van der Waals surface area contributed by atoms with Gasteiger partial charge in [0.2, 0.25) is 0 Å². The Labute approximate surface area is 71.7 Å². The van der Waals surface area contributed by atoms with Crippen molar-refractivity contribution < 1.29 is 0 Å². The van der Waals surface area contributed by atoms with Crippen LogP contribution >= 0.6 is 11.3 Å². The summed E-state index contributed by atoms with van der Waals surface area (Å²) >= 11 is 1.77. The maximum absolute atomic E-state index is 4.36. The van der Waals surface area contributed by atoms with Gasteiger partial charge in [0.1, 0.15) is 0 Å².